The molecule has 5 rings (SSSR count). The lowest BCUT2D eigenvalue weighted by Gasteiger charge is -2.36. The third kappa shape index (κ3) is 3.22. The number of carboxylic acid groups (broad SMARTS) is 1. The second-order valence-corrected chi connectivity index (χ2v) is 9.96. The van der Waals surface area contributed by atoms with E-state index in [1.807, 2.05) is 62.7 Å². The number of fused-ring (bicyclic) bond motifs is 2. The molecule has 162 valence electrons. The number of hydrogen-bond acceptors (Lipinski definition) is 4. The van der Waals surface area contributed by atoms with Gasteiger partial charge in [0.1, 0.15) is 11.6 Å². The summed E-state index contributed by atoms with van der Waals surface area (Å²) in [6.07, 6.45) is 0.846. The van der Waals surface area contributed by atoms with E-state index in [4.69, 9.17) is 16.6 Å². The molecule has 2 aliphatic rings. The first-order valence-corrected chi connectivity index (χ1v) is 10.9. The number of anilines is 1. The van der Waals surface area contributed by atoms with Crippen LogP contribution in [0.3, 0.4) is 0 Å². The molecule has 1 aliphatic heterocycles. The van der Waals surface area contributed by atoms with Gasteiger partial charge in [-0.2, -0.15) is 0 Å². The highest BCUT2D eigenvalue weighted by Crippen LogP contribution is 2.51. The van der Waals surface area contributed by atoms with Crippen molar-refractivity contribution in [3.05, 3.63) is 41.6 Å². The number of benzene rings is 1. The molecule has 8 heteroatoms. The fraction of sp³-hybridized carbons (Fsp3) is 0.435. The number of carbonyl (C=O) groups is 1. The van der Waals surface area contributed by atoms with Crippen LogP contribution in [0.5, 0.6) is 0 Å². The van der Waals surface area contributed by atoms with Crippen LogP contribution in [0.15, 0.2) is 36.5 Å². The largest absolute Gasteiger partial charge is 0.465 e. The maximum absolute atomic E-state index is 11.8. The Bertz CT molecular complexity index is 1170. The number of imidazole rings is 1. The maximum Gasteiger partial charge on any atom is 0.408 e. The molecule has 0 bridgehead atoms. The lowest BCUT2D eigenvalue weighted by atomic mass is 10.1. The van der Waals surface area contributed by atoms with E-state index >= 15 is 0 Å². The van der Waals surface area contributed by atoms with Gasteiger partial charge in [-0.25, -0.2) is 14.8 Å². The van der Waals surface area contributed by atoms with Crippen LogP contribution < -0.4 is 4.90 Å². The fourth-order valence-electron chi connectivity index (χ4n) is 5.09. The SMILES string of the molecule is Cn1c(-c2cc(N3C[C@@H]4C(N(C(=O)O)C(C)(C)C)[C@@H]4C3)ncc2Cl)nc2ccccc21. The average Bonchev–Trinajstić information content (AvgIpc) is 3.04. The third-order valence-corrected chi connectivity index (χ3v) is 6.87. The van der Waals surface area contributed by atoms with Gasteiger partial charge >= 0.3 is 6.09 Å². The van der Waals surface area contributed by atoms with Crippen LogP contribution in [0.1, 0.15) is 20.8 Å². The minimum Gasteiger partial charge on any atom is -0.465 e. The van der Waals surface area contributed by atoms with Gasteiger partial charge in [-0.3, -0.25) is 4.90 Å². The quantitative estimate of drug-likeness (QED) is 0.650. The first-order chi connectivity index (χ1) is 14.7. The van der Waals surface area contributed by atoms with E-state index in [0.717, 1.165) is 41.3 Å². The molecule has 0 radical (unpaired) electrons. The molecule has 1 amide bonds. The molecule has 1 saturated carbocycles. The number of aryl methyl sites for hydroxylation is 1. The molecule has 1 N–H and O–H groups in total. The molecular formula is C23H26ClN5O2. The molecule has 0 spiro atoms. The van der Waals surface area contributed by atoms with Crippen molar-refractivity contribution in [3.8, 4) is 11.4 Å². The molecule has 1 aromatic carbocycles. The topological polar surface area (TPSA) is 74.5 Å². The van der Waals surface area contributed by atoms with Crippen LogP contribution in [0.2, 0.25) is 5.02 Å². The van der Waals surface area contributed by atoms with Gasteiger partial charge in [-0.05, 0) is 39.0 Å². The van der Waals surface area contributed by atoms with Crippen molar-refractivity contribution in [2.45, 2.75) is 32.4 Å². The Morgan fingerprint density at radius 3 is 2.52 bits per heavy atom. The fourth-order valence-corrected chi connectivity index (χ4v) is 5.27. The van der Waals surface area contributed by atoms with Gasteiger partial charge in [0.15, 0.2) is 0 Å². The Labute approximate surface area is 186 Å². The predicted octanol–water partition coefficient (Wildman–Crippen LogP) is 4.50. The van der Waals surface area contributed by atoms with E-state index < -0.39 is 11.6 Å². The van der Waals surface area contributed by atoms with Gasteiger partial charge in [-0.1, -0.05) is 23.7 Å². The Kier molecular flexibility index (Phi) is 4.45. The number of pyridine rings is 1. The first-order valence-electron chi connectivity index (χ1n) is 10.5. The van der Waals surface area contributed by atoms with Crippen molar-refractivity contribution in [1.29, 1.82) is 0 Å². The number of nitrogens with zero attached hydrogens (tertiary/aromatic N) is 5. The summed E-state index contributed by atoms with van der Waals surface area (Å²) in [7, 11) is 1.99. The molecule has 3 atom stereocenters. The zero-order valence-electron chi connectivity index (χ0n) is 18.1. The lowest BCUT2D eigenvalue weighted by Crippen LogP contribution is -2.49. The van der Waals surface area contributed by atoms with Crippen LogP contribution in [-0.2, 0) is 7.05 Å². The molecule has 7 nitrogen and oxygen atoms in total. The minimum absolute atomic E-state index is 0.0837. The monoisotopic (exact) mass is 439 g/mol. The number of para-hydroxylation sites is 2. The number of piperidine rings is 1. The molecule has 31 heavy (non-hydrogen) atoms. The lowest BCUT2D eigenvalue weighted by molar-refractivity contribution is 0.0881. The highest BCUT2D eigenvalue weighted by molar-refractivity contribution is 6.33. The second kappa shape index (κ2) is 6.85. The van der Waals surface area contributed by atoms with Crippen LogP contribution in [0.4, 0.5) is 10.6 Å². The molecule has 2 aromatic heterocycles. The summed E-state index contributed by atoms with van der Waals surface area (Å²) < 4.78 is 2.05. The summed E-state index contributed by atoms with van der Waals surface area (Å²) in [5.74, 6) is 2.34. The third-order valence-electron chi connectivity index (χ3n) is 6.57. The van der Waals surface area contributed by atoms with Gasteiger partial charge in [0.2, 0.25) is 0 Å². The van der Waals surface area contributed by atoms with Crippen molar-refractivity contribution >= 4 is 34.5 Å². The van der Waals surface area contributed by atoms with E-state index in [0.29, 0.717) is 16.9 Å². The Morgan fingerprint density at radius 1 is 1.23 bits per heavy atom. The van der Waals surface area contributed by atoms with Crippen molar-refractivity contribution < 1.29 is 9.90 Å². The Balaban J connectivity index is 1.40. The minimum atomic E-state index is -0.841. The summed E-state index contributed by atoms with van der Waals surface area (Å²) in [6, 6.07) is 10.1. The van der Waals surface area contributed by atoms with Crippen molar-refractivity contribution in [1.82, 2.24) is 19.4 Å². The molecule has 1 aliphatic carbocycles. The van der Waals surface area contributed by atoms with Crippen LogP contribution in [-0.4, -0.2) is 55.3 Å². The summed E-state index contributed by atoms with van der Waals surface area (Å²) in [6.45, 7) is 7.46. The van der Waals surface area contributed by atoms with E-state index in [2.05, 4.69) is 9.88 Å². The van der Waals surface area contributed by atoms with E-state index in [9.17, 15) is 9.90 Å². The van der Waals surface area contributed by atoms with Gasteiger partial charge in [-0.15, -0.1) is 0 Å². The number of rotatable bonds is 3. The number of aromatic nitrogens is 3. The molecule has 3 aromatic rings. The second-order valence-electron chi connectivity index (χ2n) is 9.55. The zero-order chi connectivity index (χ0) is 22.1. The molecule has 2 fully saturated rings. The Morgan fingerprint density at radius 2 is 1.90 bits per heavy atom. The summed E-state index contributed by atoms with van der Waals surface area (Å²) in [4.78, 5) is 25.0. The Hall–Kier alpha value is -2.80. The van der Waals surface area contributed by atoms with Crippen LogP contribution in [0, 0.1) is 11.8 Å². The van der Waals surface area contributed by atoms with Crippen LogP contribution >= 0.6 is 11.6 Å². The normalized spacial score (nSPS) is 22.6. The smallest absolute Gasteiger partial charge is 0.408 e. The standard InChI is InChI=1S/C23H26ClN5O2/c1-23(2,3)29(22(30)31)20-14-11-28(12-15(14)20)19-9-13(16(24)10-25-19)21-26-17-7-5-6-8-18(17)27(21)4/h5-10,14-15,20H,11-12H2,1-4H3,(H,30,31)/t14-,15+,20?. The van der Waals surface area contributed by atoms with Gasteiger partial charge in [0.25, 0.3) is 0 Å². The first kappa shape index (κ1) is 20.1. The van der Waals surface area contributed by atoms with E-state index in [1.165, 1.54) is 0 Å². The van der Waals surface area contributed by atoms with Crippen molar-refractivity contribution in [2.75, 3.05) is 18.0 Å². The average molecular weight is 440 g/mol. The maximum atomic E-state index is 11.8. The van der Waals surface area contributed by atoms with Gasteiger partial charge in [0.05, 0.1) is 16.1 Å². The summed E-state index contributed by atoms with van der Waals surface area (Å²) in [5.41, 5.74) is 2.42. The van der Waals surface area contributed by atoms with E-state index in [-0.39, 0.29) is 6.04 Å². The van der Waals surface area contributed by atoms with Crippen molar-refractivity contribution in [3.63, 3.8) is 0 Å². The molecular weight excluding hydrogens is 414 g/mol. The number of hydrogen-bond donors (Lipinski definition) is 1. The highest BCUT2D eigenvalue weighted by Gasteiger charge is 2.61. The predicted molar refractivity (Wildman–Crippen MR) is 122 cm³/mol. The van der Waals surface area contributed by atoms with Gasteiger partial charge < -0.3 is 14.6 Å². The summed E-state index contributed by atoms with van der Waals surface area (Å²) >= 11 is 6.52. The number of halogens is 1. The van der Waals surface area contributed by atoms with Crippen LogP contribution in [0.25, 0.3) is 22.4 Å². The zero-order valence-corrected chi connectivity index (χ0v) is 18.8. The van der Waals surface area contributed by atoms with E-state index in [1.54, 1.807) is 11.1 Å². The summed E-state index contributed by atoms with van der Waals surface area (Å²) in [5, 5.41) is 10.3. The van der Waals surface area contributed by atoms with Gasteiger partial charge in [0, 0.05) is 55.3 Å². The van der Waals surface area contributed by atoms with Crippen molar-refractivity contribution in [2.24, 2.45) is 18.9 Å². The molecule has 3 heterocycles. The molecule has 1 unspecified atom stereocenters. The molecule has 1 saturated heterocycles. The number of amides is 1. The highest BCUT2D eigenvalue weighted by atomic mass is 35.5.